The molecular weight excluding hydrogens is 278 g/mol. The number of rotatable bonds is 4. The van der Waals surface area contributed by atoms with Gasteiger partial charge in [0.25, 0.3) is 0 Å². The second-order valence-corrected chi connectivity index (χ2v) is 5.41. The van der Waals surface area contributed by atoms with Crippen molar-refractivity contribution in [2.24, 2.45) is 0 Å². The molecule has 0 spiro atoms. The van der Waals surface area contributed by atoms with Gasteiger partial charge in [0.05, 0.1) is 6.54 Å². The van der Waals surface area contributed by atoms with Crippen molar-refractivity contribution in [2.45, 2.75) is 19.4 Å². The molecule has 116 valence electrons. The average Bonchev–Trinajstić information content (AvgIpc) is 2.66. The normalized spacial score (nSPS) is 19.2. The largest absolute Gasteiger partial charge is 0.480 e. The number of carboxylic acid groups (broad SMARTS) is 1. The lowest BCUT2D eigenvalue weighted by atomic mass is 10.1. The first kappa shape index (κ1) is 15.9. The van der Waals surface area contributed by atoms with Crippen molar-refractivity contribution in [3.63, 3.8) is 0 Å². The quantitative estimate of drug-likeness (QED) is 0.925. The second-order valence-electron chi connectivity index (χ2n) is 5.41. The summed E-state index contributed by atoms with van der Waals surface area (Å²) in [6, 6.07) is 3.96. The zero-order chi connectivity index (χ0) is 15.4. The van der Waals surface area contributed by atoms with E-state index in [0.717, 1.165) is 31.1 Å². The van der Waals surface area contributed by atoms with E-state index in [1.54, 1.807) is 6.07 Å². The highest BCUT2D eigenvalue weighted by Gasteiger charge is 2.21. The number of hydrogen-bond acceptors (Lipinski definition) is 3. The maximum Gasteiger partial charge on any atom is 0.317 e. The topological polar surface area (TPSA) is 43.8 Å². The predicted octanol–water partition coefficient (Wildman–Crippen LogP) is 2.12. The maximum absolute atomic E-state index is 13.3. The summed E-state index contributed by atoms with van der Waals surface area (Å²) in [5.74, 6) is -2.49. The molecule has 1 fully saturated rings. The number of benzene rings is 1. The van der Waals surface area contributed by atoms with Crippen LogP contribution in [0.2, 0.25) is 0 Å². The number of aliphatic carboxylic acids is 1. The monoisotopic (exact) mass is 298 g/mol. The Morgan fingerprint density at radius 1 is 1.24 bits per heavy atom. The minimum absolute atomic E-state index is 0.0233. The molecule has 6 heteroatoms. The molecule has 1 saturated heterocycles. The molecule has 1 unspecified atom stereocenters. The molecule has 1 aliphatic rings. The summed E-state index contributed by atoms with van der Waals surface area (Å²) in [4.78, 5) is 14.8. The molecule has 4 nitrogen and oxygen atoms in total. The third-order valence-corrected chi connectivity index (χ3v) is 3.96. The first-order valence-corrected chi connectivity index (χ1v) is 7.10. The van der Waals surface area contributed by atoms with Crippen LogP contribution >= 0.6 is 0 Å². The molecule has 0 bridgehead atoms. The van der Waals surface area contributed by atoms with Crippen LogP contribution in [0.1, 0.15) is 24.9 Å². The fourth-order valence-electron chi connectivity index (χ4n) is 2.71. The molecule has 1 heterocycles. The van der Waals surface area contributed by atoms with Gasteiger partial charge in [0.1, 0.15) is 0 Å². The third kappa shape index (κ3) is 4.22. The molecule has 1 aliphatic heterocycles. The molecule has 2 rings (SSSR count). The fraction of sp³-hybridized carbons (Fsp3) is 0.533. The van der Waals surface area contributed by atoms with Crippen molar-refractivity contribution >= 4 is 5.97 Å². The van der Waals surface area contributed by atoms with Gasteiger partial charge in [0.15, 0.2) is 11.6 Å². The average molecular weight is 298 g/mol. The van der Waals surface area contributed by atoms with Crippen LogP contribution in [0, 0.1) is 11.6 Å². The number of carbonyl (C=O) groups is 1. The van der Waals surface area contributed by atoms with E-state index in [2.05, 4.69) is 4.90 Å². The highest BCUT2D eigenvalue weighted by molar-refractivity contribution is 5.69. The van der Waals surface area contributed by atoms with Crippen LogP contribution in [0.25, 0.3) is 0 Å². The van der Waals surface area contributed by atoms with Gasteiger partial charge in [-0.25, -0.2) is 8.78 Å². The molecule has 0 aromatic heterocycles. The Balaban J connectivity index is 2.00. The molecule has 1 N–H and O–H groups in total. The van der Waals surface area contributed by atoms with Gasteiger partial charge in [0, 0.05) is 32.2 Å². The van der Waals surface area contributed by atoms with Crippen molar-refractivity contribution in [1.29, 1.82) is 0 Å². The summed E-state index contributed by atoms with van der Waals surface area (Å²) in [5.41, 5.74) is 0.737. The smallest absolute Gasteiger partial charge is 0.317 e. The van der Waals surface area contributed by atoms with Gasteiger partial charge >= 0.3 is 5.97 Å². The Morgan fingerprint density at radius 3 is 2.67 bits per heavy atom. The van der Waals surface area contributed by atoms with E-state index < -0.39 is 17.6 Å². The standard InChI is InChI=1S/C15H20F2N2O2/c1-11(12-3-4-13(16)14(17)9-12)19-6-2-5-18(7-8-19)10-15(20)21/h3-4,9,11H,2,5-8,10H2,1H3,(H,20,21). The van der Waals surface area contributed by atoms with Crippen LogP contribution in [0.4, 0.5) is 8.78 Å². The highest BCUT2D eigenvalue weighted by Crippen LogP contribution is 2.23. The molecule has 1 aromatic rings. The van der Waals surface area contributed by atoms with E-state index in [1.807, 2.05) is 11.8 Å². The van der Waals surface area contributed by atoms with Crippen LogP contribution in [-0.2, 0) is 4.79 Å². The Morgan fingerprint density at radius 2 is 2.00 bits per heavy atom. The number of nitrogens with zero attached hydrogens (tertiary/aromatic N) is 2. The van der Waals surface area contributed by atoms with E-state index in [0.29, 0.717) is 13.1 Å². The molecule has 0 saturated carbocycles. The molecule has 1 atom stereocenters. The number of carboxylic acids is 1. The van der Waals surface area contributed by atoms with Gasteiger partial charge in [0.2, 0.25) is 0 Å². The van der Waals surface area contributed by atoms with Crippen molar-refractivity contribution in [3.8, 4) is 0 Å². The SMILES string of the molecule is CC(c1ccc(F)c(F)c1)N1CCCN(CC(=O)O)CC1. The zero-order valence-electron chi connectivity index (χ0n) is 12.1. The lowest BCUT2D eigenvalue weighted by Crippen LogP contribution is -2.35. The first-order chi connectivity index (χ1) is 9.97. The Hall–Kier alpha value is -1.53. The Kier molecular flexibility index (Phi) is 5.25. The lowest BCUT2D eigenvalue weighted by Gasteiger charge is -2.28. The molecule has 0 radical (unpaired) electrons. The van der Waals surface area contributed by atoms with E-state index in [4.69, 9.17) is 5.11 Å². The predicted molar refractivity (Wildman–Crippen MR) is 75.0 cm³/mol. The lowest BCUT2D eigenvalue weighted by molar-refractivity contribution is -0.138. The zero-order valence-corrected chi connectivity index (χ0v) is 12.1. The molecule has 1 aromatic carbocycles. The maximum atomic E-state index is 13.3. The summed E-state index contributed by atoms with van der Waals surface area (Å²) in [7, 11) is 0. The van der Waals surface area contributed by atoms with E-state index in [9.17, 15) is 13.6 Å². The van der Waals surface area contributed by atoms with Gasteiger partial charge in [-0.3, -0.25) is 14.6 Å². The minimum atomic E-state index is -0.838. The van der Waals surface area contributed by atoms with E-state index in [-0.39, 0.29) is 12.6 Å². The summed E-state index contributed by atoms with van der Waals surface area (Å²) in [6.45, 7) is 4.95. The third-order valence-electron chi connectivity index (χ3n) is 3.96. The molecule has 0 aliphatic carbocycles. The van der Waals surface area contributed by atoms with Gasteiger partial charge in [-0.15, -0.1) is 0 Å². The van der Waals surface area contributed by atoms with Crippen molar-refractivity contribution in [2.75, 3.05) is 32.7 Å². The minimum Gasteiger partial charge on any atom is -0.480 e. The molecule has 0 amide bonds. The van der Waals surface area contributed by atoms with Crippen molar-refractivity contribution in [3.05, 3.63) is 35.4 Å². The van der Waals surface area contributed by atoms with Gasteiger partial charge in [-0.2, -0.15) is 0 Å². The Bertz CT molecular complexity index is 510. The van der Waals surface area contributed by atoms with Gasteiger partial charge in [-0.1, -0.05) is 6.07 Å². The molecule has 21 heavy (non-hydrogen) atoms. The van der Waals surface area contributed by atoms with Gasteiger partial charge < -0.3 is 5.11 Å². The number of hydrogen-bond donors (Lipinski definition) is 1. The second kappa shape index (κ2) is 6.95. The van der Waals surface area contributed by atoms with Crippen molar-refractivity contribution in [1.82, 2.24) is 9.80 Å². The van der Waals surface area contributed by atoms with Crippen LogP contribution in [0.3, 0.4) is 0 Å². The van der Waals surface area contributed by atoms with Crippen LogP contribution in [-0.4, -0.2) is 53.6 Å². The summed E-state index contributed by atoms with van der Waals surface area (Å²) < 4.78 is 26.3. The van der Waals surface area contributed by atoms with Crippen molar-refractivity contribution < 1.29 is 18.7 Å². The highest BCUT2D eigenvalue weighted by atomic mass is 19.2. The first-order valence-electron chi connectivity index (χ1n) is 7.10. The molecular formula is C15H20F2N2O2. The summed E-state index contributed by atoms with van der Waals surface area (Å²) in [6.07, 6.45) is 0.862. The summed E-state index contributed by atoms with van der Waals surface area (Å²) in [5, 5.41) is 8.83. The van der Waals surface area contributed by atoms with E-state index in [1.165, 1.54) is 6.07 Å². The summed E-state index contributed by atoms with van der Waals surface area (Å²) >= 11 is 0. The van der Waals surface area contributed by atoms with Crippen LogP contribution < -0.4 is 0 Å². The number of halogens is 2. The fourth-order valence-corrected chi connectivity index (χ4v) is 2.71. The van der Waals surface area contributed by atoms with Crippen LogP contribution in [0.15, 0.2) is 18.2 Å². The van der Waals surface area contributed by atoms with E-state index >= 15 is 0 Å². The Labute approximate surface area is 123 Å². The van der Waals surface area contributed by atoms with Gasteiger partial charge in [-0.05, 0) is 31.0 Å². The van der Waals surface area contributed by atoms with Crippen LogP contribution in [0.5, 0.6) is 0 Å².